The van der Waals surface area contributed by atoms with Gasteiger partial charge in [-0.15, -0.1) is 0 Å². The molecule has 0 aliphatic rings. The van der Waals surface area contributed by atoms with Crippen LogP contribution in [0, 0.1) is 13.8 Å². The SMILES string of the molecule is CCOc1ccc(CCCNC(=O)[C@@H](C)Oc2ccc(C)c(C)c2)cc1. The van der Waals surface area contributed by atoms with E-state index in [4.69, 9.17) is 9.47 Å². The smallest absolute Gasteiger partial charge is 0.260 e. The Morgan fingerprint density at radius 1 is 1.04 bits per heavy atom. The molecule has 0 aliphatic heterocycles. The van der Waals surface area contributed by atoms with E-state index in [2.05, 4.69) is 24.4 Å². The molecule has 0 aliphatic carbocycles. The molecule has 0 fully saturated rings. The van der Waals surface area contributed by atoms with E-state index < -0.39 is 6.10 Å². The molecule has 2 rings (SSSR count). The summed E-state index contributed by atoms with van der Waals surface area (Å²) in [6, 6.07) is 14.0. The molecule has 1 N–H and O–H groups in total. The van der Waals surface area contributed by atoms with Gasteiger partial charge in [0.05, 0.1) is 6.61 Å². The Labute approximate surface area is 156 Å². The van der Waals surface area contributed by atoms with Crippen LogP contribution in [-0.4, -0.2) is 25.2 Å². The lowest BCUT2D eigenvalue weighted by Gasteiger charge is -2.15. The highest BCUT2D eigenvalue weighted by atomic mass is 16.5. The fourth-order valence-corrected chi connectivity index (χ4v) is 2.61. The highest BCUT2D eigenvalue weighted by Gasteiger charge is 2.14. The maximum Gasteiger partial charge on any atom is 0.260 e. The van der Waals surface area contributed by atoms with Crippen LogP contribution in [0.3, 0.4) is 0 Å². The quantitative estimate of drug-likeness (QED) is 0.685. The van der Waals surface area contributed by atoms with Gasteiger partial charge in [-0.05, 0) is 81.5 Å². The van der Waals surface area contributed by atoms with Crippen LogP contribution in [0.25, 0.3) is 0 Å². The Morgan fingerprint density at radius 2 is 1.73 bits per heavy atom. The first kappa shape index (κ1) is 19.8. The van der Waals surface area contributed by atoms with Gasteiger partial charge in [0.2, 0.25) is 0 Å². The van der Waals surface area contributed by atoms with E-state index in [1.807, 2.05) is 44.2 Å². The Balaban J connectivity index is 1.71. The maximum absolute atomic E-state index is 12.2. The van der Waals surface area contributed by atoms with Gasteiger partial charge in [-0.25, -0.2) is 0 Å². The van der Waals surface area contributed by atoms with Crippen molar-refractivity contribution in [2.75, 3.05) is 13.2 Å². The summed E-state index contributed by atoms with van der Waals surface area (Å²) in [6.07, 6.45) is 1.29. The first-order valence-electron chi connectivity index (χ1n) is 9.23. The zero-order chi connectivity index (χ0) is 18.9. The van der Waals surface area contributed by atoms with Crippen molar-refractivity contribution in [1.82, 2.24) is 5.32 Å². The van der Waals surface area contributed by atoms with Crippen molar-refractivity contribution in [3.63, 3.8) is 0 Å². The molecule has 140 valence electrons. The maximum atomic E-state index is 12.2. The van der Waals surface area contributed by atoms with Crippen LogP contribution in [0.15, 0.2) is 42.5 Å². The fraction of sp³-hybridized carbons (Fsp3) is 0.409. The molecule has 2 aromatic rings. The van der Waals surface area contributed by atoms with Crippen LogP contribution < -0.4 is 14.8 Å². The first-order chi connectivity index (χ1) is 12.5. The van der Waals surface area contributed by atoms with Crippen LogP contribution in [0.5, 0.6) is 11.5 Å². The summed E-state index contributed by atoms with van der Waals surface area (Å²) >= 11 is 0. The number of hydrogen-bond donors (Lipinski definition) is 1. The van der Waals surface area contributed by atoms with Gasteiger partial charge in [-0.3, -0.25) is 4.79 Å². The molecule has 1 amide bonds. The van der Waals surface area contributed by atoms with Crippen LogP contribution in [-0.2, 0) is 11.2 Å². The topological polar surface area (TPSA) is 47.6 Å². The monoisotopic (exact) mass is 355 g/mol. The Kier molecular flexibility index (Phi) is 7.52. The fourth-order valence-electron chi connectivity index (χ4n) is 2.61. The van der Waals surface area contributed by atoms with Gasteiger partial charge in [0.25, 0.3) is 5.91 Å². The van der Waals surface area contributed by atoms with Gasteiger partial charge in [0.1, 0.15) is 11.5 Å². The van der Waals surface area contributed by atoms with Crippen LogP contribution >= 0.6 is 0 Å². The van der Waals surface area contributed by atoms with E-state index in [1.54, 1.807) is 6.92 Å². The van der Waals surface area contributed by atoms with E-state index in [1.165, 1.54) is 11.1 Å². The summed E-state index contributed by atoms with van der Waals surface area (Å²) in [6.45, 7) is 9.15. The first-order valence-corrected chi connectivity index (χ1v) is 9.23. The van der Waals surface area contributed by atoms with Crippen molar-refractivity contribution in [2.45, 2.75) is 46.6 Å². The average molecular weight is 355 g/mol. The third-order valence-electron chi connectivity index (χ3n) is 4.34. The Morgan fingerprint density at radius 3 is 2.38 bits per heavy atom. The molecule has 4 heteroatoms. The second-order valence-corrected chi connectivity index (χ2v) is 6.48. The van der Waals surface area contributed by atoms with Gasteiger partial charge in [-0.1, -0.05) is 18.2 Å². The normalized spacial score (nSPS) is 11.7. The number of carbonyl (C=O) groups is 1. The van der Waals surface area contributed by atoms with E-state index in [0.717, 1.165) is 29.9 Å². The lowest BCUT2D eigenvalue weighted by atomic mass is 10.1. The largest absolute Gasteiger partial charge is 0.494 e. The number of amides is 1. The van der Waals surface area contributed by atoms with Gasteiger partial charge in [0, 0.05) is 6.54 Å². The molecule has 0 bridgehead atoms. The molecule has 0 saturated carbocycles. The van der Waals surface area contributed by atoms with Gasteiger partial charge >= 0.3 is 0 Å². The molecule has 0 radical (unpaired) electrons. The summed E-state index contributed by atoms with van der Waals surface area (Å²) in [5.41, 5.74) is 3.61. The van der Waals surface area contributed by atoms with Gasteiger partial charge in [0.15, 0.2) is 6.10 Å². The van der Waals surface area contributed by atoms with E-state index >= 15 is 0 Å². The lowest BCUT2D eigenvalue weighted by Crippen LogP contribution is -2.36. The van der Waals surface area contributed by atoms with Gasteiger partial charge in [-0.2, -0.15) is 0 Å². The highest BCUT2D eigenvalue weighted by molar-refractivity contribution is 5.80. The predicted molar refractivity (Wildman–Crippen MR) is 105 cm³/mol. The third-order valence-corrected chi connectivity index (χ3v) is 4.34. The Bertz CT molecular complexity index is 710. The van der Waals surface area contributed by atoms with E-state index in [9.17, 15) is 4.79 Å². The number of nitrogens with one attached hydrogen (secondary N) is 1. The van der Waals surface area contributed by atoms with Crippen molar-refractivity contribution < 1.29 is 14.3 Å². The molecule has 4 nitrogen and oxygen atoms in total. The minimum absolute atomic E-state index is 0.0880. The molecule has 0 aromatic heterocycles. The van der Waals surface area contributed by atoms with E-state index in [-0.39, 0.29) is 5.91 Å². The molecule has 0 unspecified atom stereocenters. The second kappa shape index (κ2) is 9.85. The number of rotatable bonds is 9. The summed E-state index contributed by atoms with van der Waals surface area (Å²) in [5.74, 6) is 1.53. The van der Waals surface area contributed by atoms with Crippen LogP contribution in [0.4, 0.5) is 0 Å². The summed E-state index contributed by atoms with van der Waals surface area (Å²) < 4.78 is 11.2. The number of benzene rings is 2. The minimum atomic E-state index is -0.511. The number of ether oxygens (including phenoxy) is 2. The van der Waals surface area contributed by atoms with Crippen molar-refractivity contribution in [2.24, 2.45) is 0 Å². The zero-order valence-electron chi connectivity index (χ0n) is 16.2. The van der Waals surface area contributed by atoms with E-state index in [0.29, 0.717) is 13.2 Å². The third kappa shape index (κ3) is 6.10. The van der Waals surface area contributed by atoms with Crippen molar-refractivity contribution >= 4 is 5.91 Å². The van der Waals surface area contributed by atoms with Crippen LogP contribution in [0.2, 0.25) is 0 Å². The standard InChI is InChI=1S/C22H29NO3/c1-5-25-20-12-9-19(10-13-20)7-6-14-23-22(24)18(4)26-21-11-8-16(2)17(3)15-21/h8-13,15,18H,5-7,14H2,1-4H3,(H,23,24)/t18-/m1/s1. The molecule has 0 heterocycles. The highest BCUT2D eigenvalue weighted by Crippen LogP contribution is 2.18. The summed E-state index contributed by atoms with van der Waals surface area (Å²) in [4.78, 5) is 12.2. The lowest BCUT2D eigenvalue weighted by molar-refractivity contribution is -0.127. The summed E-state index contributed by atoms with van der Waals surface area (Å²) in [5, 5.41) is 2.94. The molecular weight excluding hydrogens is 326 g/mol. The Hall–Kier alpha value is -2.49. The number of carbonyl (C=O) groups excluding carboxylic acids is 1. The zero-order valence-corrected chi connectivity index (χ0v) is 16.2. The van der Waals surface area contributed by atoms with Crippen molar-refractivity contribution in [1.29, 1.82) is 0 Å². The summed E-state index contributed by atoms with van der Waals surface area (Å²) in [7, 11) is 0. The molecule has 2 aromatic carbocycles. The van der Waals surface area contributed by atoms with Crippen molar-refractivity contribution in [3.8, 4) is 11.5 Å². The predicted octanol–water partition coefficient (Wildman–Crippen LogP) is 4.22. The molecular formula is C22H29NO3. The molecule has 0 saturated heterocycles. The van der Waals surface area contributed by atoms with Gasteiger partial charge < -0.3 is 14.8 Å². The molecule has 26 heavy (non-hydrogen) atoms. The number of hydrogen-bond acceptors (Lipinski definition) is 3. The molecule has 0 spiro atoms. The molecule has 1 atom stereocenters. The average Bonchev–Trinajstić information content (AvgIpc) is 2.63. The number of aryl methyl sites for hydroxylation is 3. The minimum Gasteiger partial charge on any atom is -0.494 e. The second-order valence-electron chi connectivity index (χ2n) is 6.48. The van der Waals surface area contributed by atoms with Crippen molar-refractivity contribution in [3.05, 3.63) is 59.2 Å². The van der Waals surface area contributed by atoms with Crippen LogP contribution in [0.1, 0.15) is 37.0 Å².